The van der Waals surface area contributed by atoms with Gasteiger partial charge < -0.3 is 4.90 Å². The molecule has 1 aliphatic rings. The van der Waals surface area contributed by atoms with Crippen LogP contribution in [0.1, 0.15) is 33.3 Å². The summed E-state index contributed by atoms with van der Waals surface area (Å²) in [5.74, 6) is -1.05. The molecule has 168 valence electrons. The van der Waals surface area contributed by atoms with E-state index in [0.29, 0.717) is 11.6 Å². The SMILES string of the molecule is Cc1cccc(N2CC(c3nnc(NC(=O)c4cc([N+](=O)[O-])cc([N+](=O)[O-])c4)s3)CC2=O)c1. The highest BCUT2D eigenvalue weighted by atomic mass is 32.1. The Labute approximate surface area is 190 Å². The van der Waals surface area contributed by atoms with Gasteiger partial charge in [0.15, 0.2) is 0 Å². The molecule has 0 spiro atoms. The predicted molar refractivity (Wildman–Crippen MR) is 119 cm³/mol. The molecule has 1 atom stereocenters. The topological polar surface area (TPSA) is 161 Å². The normalized spacial score (nSPS) is 15.5. The zero-order valence-electron chi connectivity index (χ0n) is 17.1. The van der Waals surface area contributed by atoms with E-state index in [1.54, 1.807) is 4.90 Å². The third-order valence-electron chi connectivity index (χ3n) is 5.04. The molecule has 0 saturated carbocycles. The van der Waals surface area contributed by atoms with Gasteiger partial charge in [0.1, 0.15) is 5.01 Å². The minimum absolute atomic E-state index is 0.0460. The third-order valence-corrected chi connectivity index (χ3v) is 6.04. The smallest absolute Gasteiger partial charge is 0.277 e. The Bertz CT molecular complexity index is 1260. The number of hydrogen-bond donors (Lipinski definition) is 1. The number of amides is 2. The van der Waals surface area contributed by atoms with Crippen LogP contribution in [0.3, 0.4) is 0 Å². The standard InChI is InChI=1S/C20H16N6O6S/c1-11-3-2-4-14(5-11)24-10-13(8-17(24)27)19-22-23-20(33-19)21-18(28)12-6-15(25(29)30)9-16(7-12)26(31)32/h2-7,9,13H,8,10H2,1H3,(H,21,23,28). The average Bonchev–Trinajstić information content (AvgIpc) is 3.39. The van der Waals surface area contributed by atoms with Gasteiger partial charge in [-0.15, -0.1) is 10.2 Å². The maximum absolute atomic E-state index is 12.5. The van der Waals surface area contributed by atoms with Crippen molar-refractivity contribution in [3.8, 4) is 0 Å². The predicted octanol–water partition coefficient (Wildman–Crippen LogP) is 3.44. The van der Waals surface area contributed by atoms with E-state index in [1.165, 1.54) is 0 Å². The monoisotopic (exact) mass is 468 g/mol. The van der Waals surface area contributed by atoms with E-state index in [2.05, 4.69) is 15.5 Å². The number of nitro groups is 2. The van der Waals surface area contributed by atoms with Gasteiger partial charge >= 0.3 is 0 Å². The summed E-state index contributed by atoms with van der Waals surface area (Å²) < 4.78 is 0. The molecule has 12 nitrogen and oxygen atoms in total. The molecule has 1 N–H and O–H groups in total. The lowest BCUT2D eigenvalue weighted by Crippen LogP contribution is -2.24. The molecule has 1 saturated heterocycles. The number of hydrogen-bond acceptors (Lipinski definition) is 9. The van der Waals surface area contributed by atoms with Crippen LogP contribution in [0.15, 0.2) is 42.5 Å². The van der Waals surface area contributed by atoms with Gasteiger partial charge in [-0.25, -0.2) is 0 Å². The summed E-state index contributed by atoms with van der Waals surface area (Å²) in [5.41, 5.74) is 0.425. The van der Waals surface area contributed by atoms with Gasteiger partial charge in [-0.05, 0) is 24.6 Å². The lowest BCUT2D eigenvalue weighted by atomic mass is 10.1. The van der Waals surface area contributed by atoms with Gasteiger partial charge in [0, 0.05) is 36.7 Å². The van der Waals surface area contributed by atoms with Crippen molar-refractivity contribution >= 4 is 45.3 Å². The Hall–Kier alpha value is -4.26. The first-order valence-corrected chi connectivity index (χ1v) is 10.5. The van der Waals surface area contributed by atoms with Gasteiger partial charge in [-0.3, -0.25) is 35.1 Å². The van der Waals surface area contributed by atoms with E-state index in [9.17, 15) is 29.8 Å². The molecule has 2 aromatic carbocycles. The second-order valence-corrected chi connectivity index (χ2v) is 8.41. The zero-order valence-corrected chi connectivity index (χ0v) is 17.9. The number of non-ortho nitro benzene ring substituents is 2. The first-order valence-electron chi connectivity index (χ1n) is 9.67. The Morgan fingerprint density at radius 2 is 1.82 bits per heavy atom. The molecule has 1 fully saturated rings. The maximum Gasteiger partial charge on any atom is 0.277 e. The second kappa shape index (κ2) is 8.70. The molecule has 1 aliphatic heterocycles. The van der Waals surface area contributed by atoms with Crippen molar-refractivity contribution in [3.63, 3.8) is 0 Å². The second-order valence-electron chi connectivity index (χ2n) is 7.40. The Balaban J connectivity index is 1.49. The molecule has 0 aliphatic carbocycles. The number of carbonyl (C=O) groups excluding carboxylic acids is 2. The van der Waals surface area contributed by atoms with Crippen LogP contribution in [0.25, 0.3) is 0 Å². The molecule has 1 unspecified atom stereocenters. The van der Waals surface area contributed by atoms with Gasteiger partial charge in [-0.1, -0.05) is 23.5 Å². The summed E-state index contributed by atoms with van der Waals surface area (Å²) in [6, 6.07) is 10.3. The van der Waals surface area contributed by atoms with Crippen LogP contribution in [0.2, 0.25) is 0 Å². The summed E-state index contributed by atoms with van der Waals surface area (Å²) in [6.45, 7) is 2.36. The minimum atomic E-state index is -0.816. The van der Waals surface area contributed by atoms with Crippen LogP contribution in [0, 0.1) is 27.2 Å². The van der Waals surface area contributed by atoms with E-state index in [1.807, 2.05) is 31.2 Å². The van der Waals surface area contributed by atoms with E-state index in [4.69, 9.17) is 0 Å². The first-order chi connectivity index (χ1) is 15.7. The number of benzene rings is 2. The number of aromatic nitrogens is 2. The van der Waals surface area contributed by atoms with Gasteiger partial charge in [0.05, 0.1) is 21.5 Å². The van der Waals surface area contributed by atoms with Gasteiger partial charge in [-0.2, -0.15) is 0 Å². The summed E-state index contributed by atoms with van der Waals surface area (Å²) in [7, 11) is 0. The number of aryl methyl sites for hydroxylation is 1. The first kappa shape index (κ1) is 22.0. The maximum atomic E-state index is 12.5. The quantitative estimate of drug-likeness (QED) is 0.425. The highest BCUT2D eigenvalue weighted by molar-refractivity contribution is 7.15. The van der Waals surface area contributed by atoms with Crippen molar-refractivity contribution in [2.24, 2.45) is 0 Å². The van der Waals surface area contributed by atoms with E-state index in [-0.39, 0.29) is 28.9 Å². The van der Waals surface area contributed by atoms with Crippen LogP contribution in [-0.4, -0.2) is 38.4 Å². The fourth-order valence-electron chi connectivity index (χ4n) is 3.47. The molecule has 2 amide bonds. The average molecular weight is 468 g/mol. The fraction of sp³-hybridized carbons (Fsp3) is 0.200. The number of anilines is 2. The minimum Gasteiger partial charge on any atom is -0.312 e. The summed E-state index contributed by atoms with van der Waals surface area (Å²) in [5, 5.41) is 33.2. The lowest BCUT2D eigenvalue weighted by molar-refractivity contribution is -0.394. The number of nitro benzene ring substituents is 2. The highest BCUT2D eigenvalue weighted by Gasteiger charge is 2.34. The number of rotatable bonds is 6. The van der Waals surface area contributed by atoms with E-state index < -0.39 is 27.1 Å². The van der Waals surface area contributed by atoms with Crippen molar-refractivity contribution in [1.82, 2.24) is 10.2 Å². The summed E-state index contributed by atoms with van der Waals surface area (Å²) in [6.07, 6.45) is 0.244. The Kier molecular flexibility index (Phi) is 5.79. The van der Waals surface area contributed by atoms with Gasteiger partial charge in [0.25, 0.3) is 17.3 Å². The van der Waals surface area contributed by atoms with Crippen LogP contribution < -0.4 is 10.2 Å². The van der Waals surface area contributed by atoms with Gasteiger partial charge in [0.2, 0.25) is 11.0 Å². The van der Waals surface area contributed by atoms with Crippen molar-refractivity contribution in [3.05, 3.63) is 78.8 Å². The molecule has 1 aromatic heterocycles. The van der Waals surface area contributed by atoms with Crippen LogP contribution in [0.4, 0.5) is 22.2 Å². The summed E-state index contributed by atoms with van der Waals surface area (Å²) >= 11 is 1.08. The molecular formula is C20H16N6O6S. The van der Waals surface area contributed by atoms with Crippen LogP contribution in [0.5, 0.6) is 0 Å². The molecular weight excluding hydrogens is 452 g/mol. The lowest BCUT2D eigenvalue weighted by Gasteiger charge is -2.16. The fourth-order valence-corrected chi connectivity index (χ4v) is 4.30. The van der Waals surface area contributed by atoms with Crippen molar-refractivity contribution in [2.45, 2.75) is 19.3 Å². The number of nitrogens with one attached hydrogen (secondary N) is 1. The Morgan fingerprint density at radius 1 is 1.12 bits per heavy atom. The van der Waals surface area contributed by atoms with Crippen molar-refractivity contribution in [1.29, 1.82) is 0 Å². The molecule has 0 bridgehead atoms. The highest BCUT2D eigenvalue weighted by Crippen LogP contribution is 2.34. The van der Waals surface area contributed by atoms with E-state index >= 15 is 0 Å². The number of nitrogens with zero attached hydrogens (tertiary/aromatic N) is 5. The Morgan fingerprint density at radius 3 is 2.45 bits per heavy atom. The van der Waals surface area contributed by atoms with Crippen LogP contribution in [-0.2, 0) is 4.79 Å². The third kappa shape index (κ3) is 4.67. The molecule has 4 rings (SSSR count). The zero-order chi connectivity index (χ0) is 23.7. The number of carbonyl (C=O) groups is 2. The molecule has 2 heterocycles. The molecule has 0 radical (unpaired) electrons. The van der Waals surface area contributed by atoms with E-state index in [0.717, 1.165) is 40.8 Å². The largest absolute Gasteiger partial charge is 0.312 e. The van der Waals surface area contributed by atoms with Crippen LogP contribution >= 0.6 is 11.3 Å². The molecule has 13 heteroatoms. The molecule has 33 heavy (non-hydrogen) atoms. The van der Waals surface area contributed by atoms with Crippen molar-refractivity contribution in [2.75, 3.05) is 16.8 Å². The van der Waals surface area contributed by atoms with Crippen molar-refractivity contribution < 1.29 is 19.4 Å². The molecule has 3 aromatic rings. The summed E-state index contributed by atoms with van der Waals surface area (Å²) in [4.78, 5) is 47.2.